The van der Waals surface area contributed by atoms with Gasteiger partial charge in [-0.15, -0.1) is 0 Å². The number of benzene rings is 2. The number of ether oxygens (including phenoxy) is 2. The van der Waals surface area contributed by atoms with Crippen LogP contribution in [0.25, 0.3) is 0 Å². The van der Waals surface area contributed by atoms with E-state index in [2.05, 4.69) is 0 Å². The number of halogens is 3. The number of nitrogens with zero attached hydrogens (tertiary/aromatic N) is 2. The predicted molar refractivity (Wildman–Crippen MR) is 128 cm³/mol. The summed E-state index contributed by atoms with van der Waals surface area (Å²) in [7, 11) is -1.77. The van der Waals surface area contributed by atoms with E-state index in [1.165, 1.54) is 25.2 Å². The van der Waals surface area contributed by atoms with Crippen LogP contribution in [-0.2, 0) is 37.1 Å². The summed E-state index contributed by atoms with van der Waals surface area (Å²) in [6.45, 7) is 5.31. The largest absolute Gasteiger partial charge is 0.416 e. The lowest BCUT2D eigenvalue weighted by Gasteiger charge is -2.25. The number of alkyl halides is 3. The highest BCUT2D eigenvalue weighted by molar-refractivity contribution is 7.87. The third kappa shape index (κ3) is 7.84. The third-order valence-corrected chi connectivity index (χ3v) is 6.61. The Kier molecular flexibility index (Phi) is 10.6. The van der Waals surface area contributed by atoms with Crippen molar-refractivity contribution in [1.82, 2.24) is 4.90 Å². The van der Waals surface area contributed by atoms with E-state index < -0.39 is 26.8 Å². The van der Waals surface area contributed by atoms with Crippen LogP contribution in [0.1, 0.15) is 25.0 Å². The topological polar surface area (TPSA) is 85.4 Å². The molecule has 2 rings (SSSR count). The highest BCUT2D eigenvalue weighted by Crippen LogP contribution is 2.33. The van der Waals surface area contributed by atoms with Gasteiger partial charge in [0.2, 0.25) is 5.91 Å². The molecule has 0 aliphatic rings. The molecule has 0 radical (unpaired) electrons. The quantitative estimate of drug-likeness (QED) is 0.361. The molecule has 0 aromatic heterocycles. The fourth-order valence-electron chi connectivity index (χ4n) is 3.44. The molecule has 2 aromatic carbocycles. The van der Waals surface area contributed by atoms with E-state index in [4.69, 9.17) is 13.7 Å². The van der Waals surface area contributed by atoms with Gasteiger partial charge in [0.15, 0.2) is 0 Å². The third-order valence-electron chi connectivity index (χ3n) is 5.38. The molecule has 0 aliphatic heterocycles. The van der Waals surface area contributed by atoms with Crippen molar-refractivity contribution in [2.75, 3.05) is 52.0 Å². The number of rotatable bonds is 13. The molecule has 0 aliphatic carbocycles. The summed E-state index contributed by atoms with van der Waals surface area (Å²) < 4.78 is 80.9. The molecule has 0 saturated carbocycles. The lowest BCUT2D eigenvalue weighted by Crippen LogP contribution is -2.36. The normalized spacial score (nSPS) is 11.9. The average Bonchev–Trinajstić information content (AvgIpc) is 2.83. The van der Waals surface area contributed by atoms with Gasteiger partial charge in [0, 0.05) is 57.7 Å². The lowest BCUT2D eigenvalue weighted by atomic mass is 10.1. The molecular formula is C24H31F3N2O6S. The van der Waals surface area contributed by atoms with Crippen LogP contribution in [0.5, 0.6) is 5.75 Å². The van der Waals surface area contributed by atoms with E-state index in [-0.39, 0.29) is 38.0 Å². The van der Waals surface area contributed by atoms with Crippen LogP contribution in [0.4, 0.5) is 18.9 Å². The summed E-state index contributed by atoms with van der Waals surface area (Å²) in [5.74, 6) is -0.446. The first kappa shape index (κ1) is 29.4. The molecule has 0 heterocycles. The molecule has 0 atom stereocenters. The van der Waals surface area contributed by atoms with Crippen molar-refractivity contribution in [2.24, 2.45) is 0 Å². The Balaban J connectivity index is 2.52. The fraction of sp³-hybridized carbons (Fsp3) is 0.458. The highest BCUT2D eigenvalue weighted by atomic mass is 32.2. The summed E-state index contributed by atoms with van der Waals surface area (Å²) in [4.78, 5) is 15.3. The van der Waals surface area contributed by atoms with Gasteiger partial charge in [-0.3, -0.25) is 4.79 Å². The average molecular weight is 533 g/mol. The van der Waals surface area contributed by atoms with Gasteiger partial charge >= 0.3 is 16.3 Å². The zero-order chi connectivity index (χ0) is 26.9. The van der Waals surface area contributed by atoms with Crippen molar-refractivity contribution in [1.29, 1.82) is 0 Å². The van der Waals surface area contributed by atoms with E-state index in [1.807, 2.05) is 18.7 Å². The van der Waals surface area contributed by atoms with Gasteiger partial charge in [0.1, 0.15) is 17.3 Å². The molecule has 36 heavy (non-hydrogen) atoms. The van der Waals surface area contributed by atoms with E-state index >= 15 is 0 Å². The minimum atomic E-state index is -4.72. The van der Waals surface area contributed by atoms with Gasteiger partial charge in [-0.25, -0.2) is 0 Å². The van der Waals surface area contributed by atoms with E-state index in [0.717, 1.165) is 18.2 Å². The molecular weight excluding hydrogens is 501 g/mol. The number of anilines is 1. The number of amides is 1. The van der Waals surface area contributed by atoms with Crippen molar-refractivity contribution in [3.63, 3.8) is 0 Å². The molecule has 0 bridgehead atoms. The first-order chi connectivity index (χ1) is 17.0. The zero-order valence-corrected chi connectivity index (χ0v) is 21.5. The first-order valence-corrected chi connectivity index (χ1v) is 12.6. The molecule has 0 spiro atoms. The second-order valence-electron chi connectivity index (χ2n) is 7.77. The minimum absolute atomic E-state index is 0.0302. The van der Waals surface area contributed by atoms with Gasteiger partial charge in [-0.1, -0.05) is 12.1 Å². The monoisotopic (exact) mass is 532 g/mol. The molecule has 2 aromatic rings. The van der Waals surface area contributed by atoms with Crippen LogP contribution >= 0.6 is 0 Å². The van der Waals surface area contributed by atoms with E-state index in [9.17, 15) is 26.4 Å². The van der Waals surface area contributed by atoms with Crippen molar-refractivity contribution in [3.8, 4) is 5.75 Å². The smallest absolute Gasteiger partial charge is 0.383 e. The number of hydrogen-bond donors (Lipinski definition) is 0. The Bertz CT molecular complexity index is 1120. The summed E-state index contributed by atoms with van der Waals surface area (Å²) in [6.07, 6.45) is -4.72. The molecule has 12 heteroatoms. The molecule has 0 saturated heterocycles. The number of carbonyl (C=O) groups excluding carboxylic acids is 1. The van der Waals surface area contributed by atoms with Crippen LogP contribution in [0.15, 0.2) is 47.4 Å². The van der Waals surface area contributed by atoms with Crippen molar-refractivity contribution in [3.05, 3.63) is 53.6 Å². The summed E-state index contributed by atoms with van der Waals surface area (Å²) in [5.41, 5.74) is -0.105. The van der Waals surface area contributed by atoms with Gasteiger partial charge in [0.05, 0.1) is 12.2 Å². The number of methoxy groups -OCH3 is 2. The standard InChI is InChI=1S/C24H31F3N2O6S/c1-5-28(6-2)20-11-10-18(16-29(12-13-33-3)23(30)17-34-4)22(15-20)35-36(31,32)21-9-7-8-19(14-21)24(25,26)27/h7-11,14-15H,5-6,12-13,16-17H2,1-4H3. The maximum atomic E-state index is 13.2. The molecule has 0 fully saturated rings. The molecule has 1 amide bonds. The van der Waals surface area contributed by atoms with E-state index in [0.29, 0.717) is 30.4 Å². The number of hydrogen-bond acceptors (Lipinski definition) is 7. The van der Waals surface area contributed by atoms with Gasteiger partial charge in [0.25, 0.3) is 0 Å². The number of carbonyl (C=O) groups is 1. The predicted octanol–water partition coefficient (Wildman–Crippen LogP) is 3.94. The highest BCUT2D eigenvalue weighted by Gasteiger charge is 2.32. The fourth-order valence-corrected chi connectivity index (χ4v) is 4.45. The van der Waals surface area contributed by atoms with Crippen LogP contribution < -0.4 is 9.08 Å². The molecule has 8 nitrogen and oxygen atoms in total. The Morgan fingerprint density at radius 3 is 2.28 bits per heavy atom. The SMILES string of the molecule is CCN(CC)c1ccc(CN(CCOC)C(=O)COC)c(OS(=O)(=O)c2cccc(C(F)(F)F)c2)c1. The van der Waals surface area contributed by atoms with Gasteiger partial charge < -0.3 is 23.5 Å². The first-order valence-electron chi connectivity index (χ1n) is 11.2. The summed E-state index contributed by atoms with van der Waals surface area (Å²) in [5, 5.41) is 0. The Morgan fingerprint density at radius 1 is 1.00 bits per heavy atom. The maximum absolute atomic E-state index is 13.2. The van der Waals surface area contributed by atoms with Crippen molar-refractivity contribution >= 4 is 21.7 Å². The van der Waals surface area contributed by atoms with Crippen molar-refractivity contribution in [2.45, 2.75) is 31.5 Å². The second-order valence-corrected chi connectivity index (χ2v) is 9.31. The van der Waals surface area contributed by atoms with Crippen LogP contribution in [0.2, 0.25) is 0 Å². The molecule has 0 unspecified atom stereocenters. The van der Waals surface area contributed by atoms with Crippen LogP contribution in [0, 0.1) is 0 Å². The Labute approximate surface area is 209 Å². The maximum Gasteiger partial charge on any atom is 0.416 e. The minimum Gasteiger partial charge on any atom is -0.383 e. The Morgan fingerprint density at radius 2 is 1.69 bits per heavy atom. The molecule has 0 N–H and O–H groups in total. The van der Waals surface area contributed by atoms with E-state index in [1.54, 1.807) is 12.1 Å². The van der Waals surface area contributed by atoms with Gasteiger partial charge in [-0.2, -0.15) is 21.6 Å². The summed E-state index contributed by atoms with van der Waals surface area (Å²) >= 11 is 0. The zero-order valence-electron chi connectivity index (χ0n) is 20.7. The Hall–Kier alpha value is -2.83. The second kappa shape index (κ2) is 12.9. The van der Waals surface area contributed by atoms with Crippen LogP contribution in [-0.4, -0.2) is 66.3 Å². The summed E-state index contributed by atoms with van der Waals surface area (Å²) in [6, 6.07) is 8.24. The lowest BCUT2D eigenvalue weighted by molar-refractivity contribution is -0.138. The van der Waals surface area contributed by atoms with Crippen molar-refractivity contribution < 1.29 is 40.0 Å². The van der Waals surface area contributed by atoms with Gasteiger partial charge in [-0.05, 0) is 38.1 Å². The molecule has 200 valence electrons. The van der Waals surface area contributed by atoms with Crippen LogP contribution in [0.3, 0.4) is 0 Å².